The number of allylic oxidation sites excluding steroid dienone is 6. The first kappa shape index (κ1) is 22.9. The summed E-state index contributed by atoms with van der Waals surface area (Å²) in [5, 5.41) is 0.119. The van der Waals surface area contributed by atoms with E-state index in [9.17, 15) is 4.39 Å². The highest BCUT2D eigenvalue weighted by Gasteiger charge is 2.19. The van der Waals surface area contributed by atoms with Gasteiger partial charge in [0.25, 0.3) is 0 Å². The van der Waals surface area contributed by atoms with Crippen LogP contribution in [0.25, 0.3) is 6.08 Å². The standard InChI is InChI=1S/C25H30ClFN2/c1-6-18(4)22(11-10-20-8-7-9-23(26)25(20)27)24(12-14-28)29-15-13-21(17(2)3)16-19(29)5/h7-11,13,15-16,18H,2,5-6,12,14,28H2,1,3-4H3/b11-10+,24-22-. The second kappa shape index (κ2) is 10.4. The van der Waals surface area contributed by atoms with Gasteiger partial charge in [0.1, 0.15) is 5.82 Å². The van der Waals surface area contributed by atoms with Crippen molar-refractivity contribution in [3.8, 4) is 0 Å². The molecule has 0 radical (unpaired) electrons. The van der Waals surface area contributed by atoms with Gasteiger partial charge in [-0.15, -0.1) is 0 Å². The number of halogens is 2. The molecular weight excluding hydrogens is 383 g/mol. The number of rotatable bonds is 8. The summed E-state index contributed by atoms with van der Waals surface area (Å²) < 4.78 is 14.3. The Labute approximate surface area is 179 Å². The first-order valence-electron chi connectivity index (χ1n) is 9.89. The average molecular weight is 413 g/mol. The largest absolute Gasteiger partial charge is 0.330 e. The lowest BCUT2D eigenvalue weighted by molar-refractivity contribution is 0.528. The van der Waals surface area contributed by atoms with Crippen LogP contribution < -0.4 is 5.73 Å². The maximum absolute atomic E-state index is 14.3. The molecule has 1 aromatic carbocycles. The third kappa shape index (κ3) is 5.59. The van der Waals surface area contributed by atoms with Gasteiger partial charge >= 0.3 is 0 Å². The molecule has 2 rings (SSSR count). The van der Waals surface area contributed by atoms with Crippen LogP contribution in [0.3, 0.4) is 0 Å². The van der Waals surface area contributed by atoms with Crippen molar-refractivity contribution in [1.82, 2.24) is 4.90 Å². The molecule has 2 nitrogen and oxygen atoms in total. The van der Waals surface area contributed by atoms with E-state index in [1.54, 1.807) is 24.3 Å². The van der Waals surface area contributed by atoms with Gasteiger partial charge in [-0.2, -0.15) is 0 Å². The van der Waals surface area contributed by atoms with Gasteiger partial charge in [-0.1, -0.05) is 68.5 Å². The lowest BCUT2D eigenvalue weighted by atomic mass is 9.92. The molecule has 29 heavy (non-hydrogen) atoms. The van der Waals surface area contributed by atoms with Crippen molar-refractivity contribution in [2.24, 2.45) is 11.7 Å². The summed E-state index contributed by atoms with van der Waals surface area (Å²) in [5.74, 6) is -0.145. The van der Waals surface area contributed by atoms with Crippen molar-refractivity contribution >= 4 is 17.7 Å². The first-order chi connectivity index (χ1) is 13.8. The Morgan fingerprint density at radius 2 is 2.10 bits per heavy atom. The zero-order chi connectivity index (χ0) is 21.6. The smallest absolute Gasteiger partial charge is 0.148 e. The summed E-state index contributed by atoms with van der Waals surface area (Å²) in [7, 11) is 0. The predicted molar refractivity (Wildman–Crippen MR) is 124 cm³/mol. The van der Waals surface area contributed by atoms with Gasteiger partial charge in [-0.3, -0.25) is 0 Å². The van der Waals surface area contributed by atoms with Gasteiger partial charge in [0.05, 0.1) is 5.02 Å². The van der Waals surface area contributed by atoms with E-state index in [1.807, 2.05) is 31.4 Å². The van der Waals surface area contributed by atoms with Crippen LogP contribution in [0.1, 0.15) is 39.2 Å². The van der Waals surface area contributed by atoms with E-state index in [-0.39, 0.29) is 10.9 Å². The van der Waals surface area contributed by atoms with E-state index in [0.717, 1.165) is 34.5 Å². The molecule has 0 aromatic heterocycles. The second-order valence-electron chi connectivity index (χ2n) is 7.28. The molecule has 4 heteroatoms. The van der Waals surface area contributed by atoms with E-state index >= 15 is 0 Å². The SMILES string of the molecule is C=C(C)C1=CC(=C)N(/C(CCN)=C(/C=C/c2cccc(Cl)c2F)C(C)CC)C=C1. The molecule has 1 aliphatic heterocycles. The van der Waals surface area contributed by atoms with Crippen LogP contribution in [-0.4, -0.2) is 11.4 Å². The van der Waals surface area contributed by atoms with Crippen LogP contribution in [0.5, 0.6) is 0 Å². The average Bonchev–Trinajstić information content (AvgIpc) is 2.70. The lowest BCUT2D eigenvalue weighted by Gasteiger charge is -2.31. The van der Waals surface area contributed by atoms with E-state index in [4.69, 9.17) is 17.3 Å². The minimum Gasteiger partial charge on any atom is -0.330 e. The molecule has 1 atom stereocenters. The normalized spacial score (nSPS) is 16.1. The fourth-order valence-corrected chi connectivity index (χ4v) is 3.39. The van der Waals surface area contributed by atoms with Gasteiger partial charge in [-0.05, 0) is 55.2 Å². The molecule has 1 unspecified atom stereocenters. The van der Waals surface area contributed by atoms with E-state index in [0.29, 0.717) is 18.5 Å². The van der Waals surface area contributed by atoms with Gasteiger partial charge in [0.2, 0.25) is 0 Å². The fourth-order valence-electron chi connectivity index (χ4n) is 3.21. The summed E-state index contributed by atoms with van der Waals surface area (Å²) >= 11 is 5.93. The summed E-state index contributed by atoms with van der Waals surface area (Å²) in [5.41, 5.74) is 11.5. The van der Waals surface area contributed by atoms with Crippen molar-refractivity contribution in [2.75, 3.05) is 6.54 Å². The van der Waals surface area contributed by atoms with Crippen molar-refractivity contribution < 1.29 is 4.39 Å². The van der Waals surface area contributed by atoms with Gasteiger partial charge in [0.15, 0.2) is 0 Å². The highest BCUT2D eigenvalue weighted by molar-refractivity contribution is 6.30. The molecule has 1 aromatic rings. The van der Waals surface area contributed by atoms with Crippen LogP contribution in [0, 0.1) is 11.7 Å². The molecule has 0 saturated carbocycles. The number of hydrogen-bond acceptors (Lipinski definition) is 2. The summed E-state index contributed by atoms with van der Waals surface area (Å²) in [6.07, 6.45) is 11.4. The first-order valence-corrected chi connectivity index (χ1v) is 10.3. The minimum atomic E-state index is -0.411. The fraction of sp³-hybridized carbons (Fsp3) is 0.280. The maximum atomic E-state index is 14.3. The summed E-state index contributed by atoms with van der Waals surface area (Å²) in [6.45, 7) is 15.0. The Morgan fingerprint density at radius 1 is 1.38 bits per heavy atom. The molecule has 0 aliphatic carbocycles. The third-order valence-corrected chi connectivity index (χ3v) is 5.39. The van der Waals surface area contributed by atoms with Crippen molar-refractivity contribution in [3.63, 3.8) is 0 Å². The van der Waals surface area contributed by atoms with E-state index in [2.05, 4.69) is 31.9 Å². The molecule has 0 bridgehead atoms. The van der Waals surface area contributed by atoms with Crippen LogP contribution in [0.15, 0.2) is 83.9 Å². The predicted octanol–water partition coefficient (Wildman–Crippen LogP) is 6.99. The Morgan fingerprint density at radius 3 is 2.69 bits per heavy atom. The Hall–Kier alpha value is -2.36. The van der Waals surface area contributed by atoms with Crippen LogP contribution in [0.4, 0.5) is 4.39 Å². The zero-order valence-electron chi connectivity index (χ0n) is 17.5. The zero-order valence-corrected chi connectivity index (χ0v) is 18.3. The summed E-state index contributed by atoms with van der Waals surface area (Å²) in [4.78, 5) is 2.07. The van der Waals surface area contributed by atoms with Gasteiger partial charge < -0.3 is 10.6 Å². The Balaban J connectivity index is 2.53. The van der Waals surface area contributed by atoms with Crippen LogP contribution >= 0.6 is 11.6 Å². The van der Waals surface area contributed by atoms with E-state index in [1.165, 1.54) is 0 Å². The Bertz CT molecular complexity index is 905. The molecule has 1 aliphatic rings. The molecular formula is C25H30ClFN2. The lowest BCUT2D eigenvalue weighted by Crippen LogP contribution is -2.22. The molecule has 0 fully saturated rings. The highest BCUT2D eigenvalue weighted by atomic mass is 35.5. The van der Waals surface area contributed by atoms with Crippen LogP contribution in [0.2, 0.25) is 5.02 Å². The number of nitrogens with zero attached hydrogens (tertiary/aromatic N) is 1. The molecule has 154 valence electrons. The minimum absolute atomic E-state index is 0.119. The third-order valence-electron chi connectivity index (χ3n) is 5.10. The van der Waals surface area contributed by atoms with Gasteiger partial charge in [-0.25, -0.2) is 4.39 Å². The van der Waals surface area contributed by atoms with Crippen molar-refractivity contribution in [1.29, 1.82) is 0 Å². The molecule has 2 N–H and O–H groups in total. The van der Waals surface area contributed by atoms with Crippen molar-refractivity contribution in [3.05, 3.63) is 100 Å². The number of hydrogen-bond donors (Lipinski definition) is 1. The maximum Gasteiger partial charge on any atom is 0.148 e. The quantitative estimate of drug-likeness (QED) is 0.466. The molecule has 0 saturated heterocycles. The van der Waals surface area contributed by atoms with E-state index < -0.39 is 5.82 Å². The second-order valence-corrected chi connectivity index (χ2v) is 7.69. The highest BCUT2D eigenvalue weighted by Crippen LogP contribution is 2.31. The number of nitrogens with two attached hydrogens (primary N) is 1. The monoisotopic (exact) mass is 412 g/mol. The Kier molecular flexibility index (Phi) is 8.24. The molecule has 0 spiro atoms. The number of benzene rings is 1. The molecule has 0 amide bonds. The topological polar surface area (TPSA) is 29.3 Å². The molecule has 1 heterocycles. The summed E-state index contributed by atoms with van der Waals surface area (Å²) in [6, 6.07) is 5.02. The van der Waals surface area contributed by atoms with Crippen molar-refractivity contribution in [2.45, 2.75) is 33.6 Å². The van der Waals surface area contributed by atoms with Crippen LogP contribution in [-0.2, 0) is 0 Å². The van der Waals surface area contributed by atoms with Gasteiger partial charge in [0, 0.05) is 29.6 Å².